The van der Waals surface area contributed by atoms with Gasteiger partial charge in [0.15, 0.2) is 0 Å². The van der Waals surface area contributed by atoms with Crippen LogP contribution in [0.15, 0.2) is 0 Å². The van der Waals surface area contributed by atoms with Crippen molar-refractivity contribution in [1.82, 2.24) is 0 Å². The molecule has 0 aromatic heterocycles. The summed E-state index contributed by atoms with van der Waals surface area (Å²) in [6.07, 6.45) is -9.60. The molecule has 0 amide bonds. The smallest absolute Gasteiger partial charge is 0.274 e. The van der Waals surface area contributed by atoms with Crippen LogP contribution in [-0.2, 0) is 0 Å². The van der Waals surface area contributed by atoms with Gasteiger partial charge in [-0.25, -0.2) is 17.6 Å². The molecule has 0 heterocycles. The summed E-state index contributed by atoms with van der Waals surface area (Å²) >= 11 is 0. The van der Waals surface area contributed by atoms with Crippen molar-refractivity contribution < 1.29 is 22.7 Å². The van der Waals surface area contributed by atoms with E-state index < -0.39 is 19.0 Å². The number of halogens is 4. The topological polar surface area (TPSA) is 20.2 Å². The van der Waals surface area contributed by atoms with E-state index in [0.717, 1.165) is 0 Å². The van der Waals surface area contributed by atoms with Gasteiger partial charge < -0.3 is 5.11 Å². The van der Waals surface area contributed by atoms with Crippen molar-refractivity contribution >= 4 is 0 Å². The predicted molar refractivity (Wildman–Crippen MR) is 18.0 cm³/mol. The molecule has 0 aliphatic heterocycles. The molecule has 0 aliphatic carbocycles. The third kappa shape index (κ3) is 2.11. The average molecular weight is 132 g/mol. The highest BCUT2D eigenvalue weighted by Gasteiger charge is 2.27. The van der Waals surface area contributed by atoms with Crippen LogP contribution in [-0.4, -0.2) is 24.1 Å². The lowest BCUT2D eigenvalue weighted by molar-refractivity contribution is -0.0892. The van der Waals surface area contributed by atoms with Crippen LogP contribution < -0.4 is 0 Å². The van der Waals surface area contributed by atoms with Gasteiger partial charge in [-0.05, 0) is 0 Å². The number of aliphatic hydroxyl groups excluding tert-OH is 1. The molecule has 0 fully saturated rings. The zero-order valence-corrected chi connectivity index (χ0v) is 3.69. The zero-order chi connectivity index (χ0) is 6.73. The molecular weight excluding hydrogens is 128 g/mol. The second-order valence-corrected chi connectivity index (χ2v) is 1.15. The van der Waals surface area contributed by atoms with E-state index in [-0.39, 0.29) is 0 Å². The Morgan fingerprint density at radius 2 is 1.38 bits per heavy atom. The van der Waals surface area contributed by atoms with Crippen LogP contribution in [0.5, 0.6) is 0 Å². The van der Waals surface area contributed by atoms with Crippen molar-refractivity contribution in [3.63, 3.8) is 0 Å². The van der Waals surface area contributed by atoms with Gasteiger partial charge in [-0.3, -0.25) is 0 Å². The third-order valence-electron chi connectivity index (χ3n) is 0.503. The highest BCUT2D eigenvalue weighted by atomic mass is 19.3. The monoisotopic (exact) mass is 132 g/mol. The van der Waals surface area contributed by atoms with Gasteiger partial charge in [0.2, 0.25) is 12.5 Å². The van der Waals surface area contributed by atoms with Crippen molar-refractivity contribution in [1.29, 1.82) is 0 Å². The van der Waals surface area contributed by atoms with Crippen LogP contribution in [0.1, 0.15) is 0 Å². The Kier molecular flexibility index (Phi) is 2.75. The van der Waals surface area contributed by atoms with Crippen molar-refractivity contribution in [3.05, 3.63) is 0 Å². The summed E-state index contributed by atoms with van der Waals surface area (Å²) in [5.74, 6) is 0. The minimum absolute atomic E-state index is 3.07. The fourth-order valence-electron chi connectivity index (χ4n) is 0.120. The minimum Gasteiger partial charge on any atom is -0.362 e. The summed E-state index contributed by atoms with van der Waals surface area (Å²) in [4.78, 5) is 0. The van der Waals surface area contributed by atoms with Crippen molar-refractivity contribution in [2.75, 3.05) is 0 Å². The zero-order valence-electron chi connectivity index (χ0n) is 3.69. The molecule has 0 aromatic rings. The molecule has 1 nitrogen and oxygen atoms in total. The molecular formula is C3H4F4O. The van der Waals surface area contributed by atoms with Gasteiger partial charge in [0, 0.05) is 0 Å². The molecule has 8 heavy (non-hydrogen) atoms. The lowest BCUT2D eigenvalue weighted by Gasteiger charge is -2.04. The van der Waals surface area contributed by atoms with E-state index >= 15 is 0 Å². The summed E-state index contributed by atoms with van der Waals surface area (Å²) in [5.41, 5.74) is 0. The Morgan fingerprint density at radius 3 is 1.38 bits per heavy atom. The lowest BCUT2D eigenvalue weighted by atomic mass is 10.4. The van der Waals surface area contributed by atoms with Gasteiger partial charge in [0.1, 0.15) is 0 Å². The van der Waals surface area contributed by atoms with Gasteiger partial charge in [0.25, 0.3) is 6.43 Å². The van der Waals surface area contributed by atoms with Crippen LogP contribution >= 0.6 is 0 Å². The van der Waals surface area contributed by atoms with Crippen LogP contribution in [0.3, 0.4) is 0 Å². The highest BCUT2D eigenvalue weighted by Crippen LogP contribution is 2.09. The molecule has 0 aliphatic rings. The highest BCUT2D eigenvalue weighted by molar-refractivity contribution is 4.58. The predicted octanol–water partition coefficient (Wildman–Crippen LogP) is 0.877. The Balaban J connectivity index is 3.46. The fraction of sp³-hybridized carbons (Fsp3) is 1.00. The molecule has 0 rings (SSSR count). The second kappa shape index (κ2) is 2.86. The molecule has 0 saturated carbocycles. The summed E-state index contributed by atoms with van der Waals surface area (Å²) < 4.78 is 44.1. The molecule has 5 heteroatoms. The van der Waals surface area contributed by atoms with Gasteiger partial charge in [-0.1, -0.05) is 0 Å². The maximum absolute atomic E-state index is 11.3. The van der Waals surface area contributed by atoms with E-state index in [4.69, 9.17) is 5.11 Å². The third-order valence-corrected chi connectivity index (χ3v) is 0.503. The molecule has 2 unspecified atom stereocenters. The molecule has 2 atom stereocenters. The summed E-state index contributed by atoms with van der Waals surface area (Å²) in [6, 6.07) is 0. The number of hydrogen-bond acceptors (Lipinski definition) is 1. The molecule has 0 aromatic carbocycles. The first-order valence-corrected chi connectivity index (χ1v) is 1.80. The molecule has 0 bridgehead atoms. The van der Waals surface area contributed by atoms with Crippen LogP contribution in [0, 0.1) is 0 Å². The van der Waals surface area contributed by atoms with E-state index in [1.807, 2.05) is 0 Å². The standard InChI is InChI=1S/C3H4F4O/c4-1(2(5)6)3(7)8/h1-3,8H. The first-order valence-electron chi connectivity index (χ1n) is 1.80. The van der Waals surface area contributed by atoms with Gasteiger partial charge in [-0.15, -0.1) is 0 Å². The first-order chi connectivity index (χ1) is 3.55. The Bertz CT molecular complexity index is 56.3. The maximum Gasteiger partial charge on any atom is 0.274 e. The molecule has 0 radical (unpaired) electrons. The minimum atomic E-state index is -3.45. The second-order valence-electron chi connectivity index (χ2n) is 1.15. The Morgan fingerprint density at radius 1 is 1.00 bits per heavy atom. The molecule has 50 valence electrons. The van der Waals surface area contributed by atoms with Gasteiger partial charge in [-0.2, -0.15) is 0 Å². The van der Waals surface area contributed by atoms with E-state index in [9.17, 15) is 17.6 Å². The number of hydrogen-bond donors (Lipinski definition) is 1. The summed E-state index contributed by atoms with van der Waals surface area (Å²) in [6.45, 7) is 0. The fourth-order valence-corrected chi connectivity index (χ4v) is 0.120. The van der Waals surface area contributed by atoms with Gasteiger partial charge >= 0.3 is 0 Å². The van der Waals surface area contributed by atoms with Gasteiger partial charge in [0.05, 0.1) is 0 Å². The van der Waals surface area contributed by atoms with E-state index in [2.05, 4.69) is 0 Å². The lowest BCUT2D eigenvalue weighted by Crippen LogP contribution is -2.24. The summed E-state index contributed by atoms with van der Waals surface area (Å²) in [7, 11) is 0. The Labute approximate surface area is 42.9 Å². The molecule has 1 N–H and O–H groups in total. The number of alkyl halides is 4. The number of aliphatic hydroxyl groups is 1. The van der Waals surface area contributed by atoms with Crippen LogP contribution in [0.25, 0.3) is 0 Å². The van der Waals surface area contributed by atoms with Crippen molar-refractivity contribution in [2.45, 2.75) is 19.0 Å². The Hall–Kier alpha value is -0.320. The van der Waals surface area contributed by atoms with Crippen LogP contribution in [0.2, 0.25) is 0 Å². The quantitative estimate of drug-likeness (QED) is 0.553. The van der Waals surface area contributed by atoms with Crippen LogP contribution in [0.4, 0.5) is 17.6 Å². The maximum atomic E-state index is 11.3. The summed E-state index contributed by atoms with van der Waals surface area (Å²) in [5, 5.41) is 7.47. The van der Waals surface area contributed by atoms with E-state index in [1.54, 1.807) is 0 Å². The average Bonchev–Trinajstić information content (AvgIpc) is 1.64. The largest absolute Gasteiger partial charge is 0.362 e. The first kappa shape index (κ1) is 7.68. The molecule has 0 spiro atoms. The SMILES string of the molecule is OC(F)C(F)C(F)F. The van der Waals surface area contributed by atoms with E-state index in [0.29, 0.717) is 0 Å². The van der Waals surface area contributed by atoms with E-state index in [1.165, 1.54) is 0 Å². The van der Waals surface area contributed by atoms with Crippen molar-refractivity contribution in [2.24, 2.45) is 0 Å². The number of rotatable bonds is 2. The molecule has 0 saturated heterocycles. The van der Waals surface area contributed by atoms with Crippen molar-refractivity contribution in [3.8, 4) is 0 Å². The normalized spacial score (nSPS) is 18.8.